The number of amides is 1. The molecule has 2 aromatic carbocycles. The number of thioether (sulfide) groups is 1. The van der Waals surface area contributed by atoms with Gasteiger partial charge in [0.1, 0.15) is 0 Å². The first-order chi connectivity index (χ1) is 13.9. The molecule has 1 aromatic heterocycles. The van der Waals surface area contributed by atoms with Gasteiger partial charge in [0.05, 0.1) is 16.6 Å². The monoisotopic (exact) mass is 448 g/mol. The summed E-state index contributed by atoms with van der Waals surface area (Å²) in [5.74, 6) is 1.35. The molecule has 0 spiro atoms. The summed E-state index contributed by atoms with van der Waals surface area (Å²) in [5.41, 5.74) is 1.59. The van der Waals surface area contributed by atoms with E-state index in [1.54, 1.807) is 36.0 Å². The Morgan fingerprint density at radius 2 is 1.79 bits per heavy atom. The van der Waals surface area contributed by atoms with Crippen LogP contribution in [0.4, 0.5) is 0 Å². The number of hydrogen-bond acceptors (Lipinski definition) is 4. The standard InChI is InChI=1S/C21H22Cl2N4OS/c1-13(2)18(24-20(28)16-6-4-5-7-17(16)23)19-25-26-21(27(19)3)29-12-14-8-10-15(22)11-9-14/h4-11,13,18H,12H2,1-3H3,(H,24,28)/t18-/m0/s1. The summed E-state index contributed by atoms with van der Waals surface area (Å²) in [4.78, 5) is 12.7. The second-order valence-electron chi connectivity index (χ2n) is 6.99. The number of carbonyl (C=O) groups excluding carboxylic acids is 1. The summed E-state index contributed by atoms with van der Waals surface area (Å²) >= 11 is 13.7. The number of carbonyl (C=O) groups is 1. The van der Waals surface area contributed by atoms with Crippen molar-refractivity contribution in [1.29, 1.82) is 0 Å². The van der Waals surface area contributed by atoms with Crippen molar-refractivity contribution in [2.45, 2.75) is 30.8 Å². The van der Waals surface area contributed by atoms with Crippen molar-refractivity contribution in [1.82, 2.24) is 20.1 Å². The number of halogens is 2. The van der Waals surface area contributed by atoms with Gasteiger partial charge in [-0.15, -0.1) is 10.2 Å². The lowest BCUT2D eigenvalue weighted by Crippen LogP contribution is -2.33. The van der Waals surface area contributed by atoms with Gasteiger partial charge in [-0.2, -0.15) is 0 Å². The van der Waals surface area contributed by atoms with E-state index in [1.165, 1.54) is 0 Å². The highest BCUT2D eigenvalue weighted by molar-refractivity contribution is 7.98. The molecule has 3 rings (SSSR count). The molecule has 0 aliphatic heterocycles. The van der Waals surface area contributed by atoms with E-state index in [0.29, 0.717) is 21.4 Å². The van der Waals surface area contributed by atoms with E-state index in [-0.39, 0.29) is 17.9 Å². The van der Waals surface area contributed by atoms with Crippen LogP contribution in [0.15, 0.2) is 53.7 Å². The van der Waals surface area contributed by atoms with Crippen LogP contribution in [0.2, 0.25) is 10.0 Å². The fourth-order valence-electron chi connectivity index (χ4n) is 2.84. The van der Waals surface area contributed by atoms with Gasteiger partial charge < -0.3 is 9.88 Å². The molecule has 1 heterocycles. The zero-order valence-electron chi connectivity index (χ0n) is 16.4. The molecule has 5 nitrogen and oxygen atoms in total. The van der Waals surface area contributed by atoms with E-state index < -0.39 is 0 Å². The molecule has 3 aromatic rings. The molecule has 0 unspecified atom stereocenters. The molecule has 1 N–H and O–H groups in total. The minimum atomic E-state index is -0.291. The highest BCUT2D eigenvalue weighted by Crippen LogP contribution is 2.27. The minimum absolute atomic E-state index is 0.124. The molecule has 0 fully saturated rings. The molecule has 0 saturated heterocycles. The van der Waals surface area contributed by atoms with Crippen LogP contribution in [-0.4, -0.2) is 20.7 Å². The number of benzene rings is 2. The molecule has 1 amide bonds. The Labute approximate surface area is 184 Å². The number of aromatic nitrogens is 3. The lowest BCUT2D eigenvalue weighted by Gasteiger charge is -2.22. The van der Waals surface area contributed by atoms with Gasteiger partial charge in [0.25, 0.3) is 5.91 Å². The quantitative estimate of drug-likeness (QED) is 0.481. The Kier molecular flexibility index (Phi) is 7.22. The van der Waals surface area contributed by atoms with Crippen molar-refractivity contribution in [2.75, 3.05) is 0 Å². The Hall–Kier alpha value is -2.02. The van der Waals surface area contributed by atoms with Crippen LogP contribution < -0.4 is 5.32 Å². The third-order valence-electron chi connectivity index (χ3n) is 4.50. The van der Waals surface area contributed by atoms with Gasteiger partial charge in [0, 0.05) is 17.8 Å². The number of nitrogens with one attached hydrogen (secondary N) is 1. The van der Waals surface area contributed by atoms with Crippen LogP contribution in [0.3, 0.4) is 0 Å². The topological polar surface area (TPSA) is 59.8 Å². The molecule has 1 atom stereocenters. The van der Waals surface area contributed by atoms with Gasteiger partial charge >= 0.3 is 0 Å². The second-order valence-corrected chi connectivity index (χ2v) is 8.78. The van der Waals surface area contributed by atoms with Crippen molar-refractivity contribution < 1.29 is 4.79 Å². The first-order valence-electron chi connectivity index (χ1n) is 9.18. The summed E-state index contributed by atoms with van der Waals surface area (Å²) < 4.78 is 1.93. The molecule has 0 radical (unpaired) electrons. The molecule has 152 valence electrons. The fraction of sp³-hybridized carbons (Fsp3) is 0.286. The van der Waals surface area contributed by atoms with Crippen LogP contribution in [0, 0.1) is 5.92 Å². The predicted octanol–water partition coefficient (Wildman–Crippen LogP) is 5.54. The van der Waals surface area contributed by atoms with Gasteiger partial charge in [0.2, 0.25) is 0 Å². The summed E-state index contributed by atoms with van der Waals surface area (Å²) in [5, 5.41) is 13.7. The second kappa shape index (κ2) is 9.65. The molecule has 29 heavy (non-hydrogen) atoms. The third kappa shape index (κ3) is 5.32. The van der Waals surface area contributed by atoms with E-state index in [4.69, 9.17) is 23.2 Å². The van der Waals surface area contributed by atoms with E-state index in [1.807, 2.05) is 49.7 Å². The van der Waals surface area contributed by atoms with Crippen molar-refractivity contribution in [3.8, 4) is 0 Å². The molecule has 0 aliphatic rings. The van der Waals surface area contributed by atoms with Gasteiger partial charge in [-0.1, -0.05) is 73.1 Å². The maximum absolute atomic E-state index is 12.7. The lowest BCUT2D eigenvalue weighted by molar-refractivity contribution is 0.0922. The van der Waals surface area contributed by atoms with Crippen molar-refractivity contribution in [3.05, 3.63) is 75.5 Å². The lowest BCUT2D eigenvalue weighted by atomic mass is 10.0. The number of hydrogen-bond donors (Lipinski definition) is 1. The van der Waals surface area contributed by atoms with Gasteiger partial charge in [-0.3, -0.25) is 4.79 Å². The van der Waals surface area contributed by atoms with Crippen LogP contribution in [0.5, 0.6) is 0 Å². The van der Waals surface area contributed by atoms with Gasteiger partial charge in [-0.05, 0) is 35.7 Å². The maximum Gasteiger partial charge on any atom is 0.253 e. The maximum atomic E-state index is 12.7. The predicted molar refractivity (Wildman–Crippen MR) is 119 cm³/mol. The first-order valence-corrected chi connectivity index (χ1v) is 10.9. The molecule has 0 saturated carbocycles. The molecule has 0 bridgehead atoms. The van der Waals surface area contributed by atoms with Crippen molar-refractivity contribution in [3.63, 3.8) is 0 Å². The van der Waals surface area contributed by atoms with E-state index in [9.17, 15) is 4.79 Å². The van der Waals surface area contributed by atoms with E-state index >= 15 is 0 Å². The van der Waals surface area contributed by atoms with Crippen LogP contribution in [0.1, 0.15) is 41.6 Å². The zero-order valence-corrected chi connectivity index (χ0v) is 18.7. The molecular formula is C21H22Cl2N4OS. The Morgan fingerprint density at radius 3 is 2.45 bits per heavy atom. The van der Waals surface area contributed by atoms with Crippen molar-refractivity contribution >= 4 is 40.9 Å². The summed E-state index contributed by atoms with van der Waals surface area (Å²) in [6.45, 7) is 4.07. The summed E-state index contributed by atoms with van der Waals surface area (Å²) in [6.07, 6.45) is 0. The van der Waals surface area contributed by atoms with Crippen LogP contribution in [-0.2, 0) is 12.8 Å². The average molecular weight is 449 g/mol. The van der Waals surface area contributed by atoms with Gasteiger partial charge in [-0.25, -0.2) is 0 Å². The SMILES string of the molecule is CC(C)[C@H](NC(=O)c1ccccc1Cl)c1nnc(SCc2ccc(Cl)cc2)n1C. The zero-order chi connectivity index (χ0) is 21.0. The smallest absolute Gasteiger partial charge is 0.253 e. The summed E-state index contributed by atoms with van der Waals surface area (Å²) in [6, 6.07) is 14.4. The average Bonchev–Trinajstić information content (AvgIpc) is 3.06. The summed E-state index contributed by atoms with van der Waals surface area (Å²) in [7, 11) is 1.91. The Morgan fingerprint density at radius 1 is 1.10 bits per heavy atom. The fourth-order valence-corrected chi connectivity index (χ4v) is 4.07. The van der Waals surface area contributed by atoms with Crippen LogP contribution in [0.25, 0.3) is 0 Å². The highest BCUT2D eigenvalue weighted by atomic mass is 35.5. The first kappa shape index (κ1) is 21.7. The van der Waals surface area contributed by atoms with E-state index in [2.05, 4.69) is 15.5 Å². The van der Waals surface area contributed by atoms with E-state index in [0.717, 1.165) is 16.5 Å². The number of nitrogens with zero attached hydrogens (tertiary/aromatic N) is 3. The van der Waals surface area contributed by atoms with Crippen LogP contribution >= 0.6 is 35.0 Å². The largest absolute Gasteiger partial charge is 0.342 e. The normalized spacial score (nSPS) is 12.2. The minimum Gasteiger partial charge on any atom is -0.342 e. The Bertz CT molecular complexity index is 989. The Balaban J connectivity index is 1.75. The number of rotatable bonds is 7. The molecule has 8 heteroatoms. The molecular weight excluding hydrogens is 427 g/mol. The molecule has 0 aliphatic carbocycles. The van der Waals surface area contributed by atoms with Gasteiger partial charge in [0.15, 0.2) is 11.0 Å². The highest BCUT2D eigenvalue weighted by Gasteiger charge is 2.25. The van der Waals surface area contributed by atoms with Crippen molar-refractivity contribution in [2.24, 2.45) is 13.0 Å². The third-order valence-corrected chi connectivity index (χ3v) is 6.17.